The molecule has 0 aromatic heterocycles. The molecule has 24 heavy (non-hydrogen) atoms. The normalized spacial score (nSPS) is 21.5. The maximum Gasteiger partial charge on any atom is 0.319 e. The highest BCUT2D eigenvalue weighted by Gasteiger charge is 2.60. The predicted octanol–water partition coefficient (Wildman–Crippen LogP) is 6.91. The van der Waals surface area contributed by atoms with Gasteiger partial charge in [0.2, 0.25) is 0 Å². The summed E-state index contributed by atoms with van der Waals surface area (Å²) < 4.78 is 6.63. The van der Waals surface area contributed by atoms with Crippen LogP contribution >= 0.6 is 0 Å². The van der Waals surface area contributed by atoms with Crippen molar-refractivity contribution in [1.82, 2.24) is 0 Å². The minimum Gasteiger partial charge on any atom is -0.515 e. The molecule has 0 amide bonds. The van der Waals surface area contributed by atoms with Gasteiger partial charge in [0, 0.05) is 5.57 Å². The fourth-order valence-electron chi connectivity index (χ4n) is 5.32. The molecule has 0 bridgehead atoms. The van der Waals surface area contributed by atoms with Gasteiger partial charge in [-0.15, -0.1) is 0 Å². The Morgan fingerprint density at radius 3 is 1.75 bits per heavy atom. The van der Waals surface area contributed by atoms with Crippen LogP contribution in [0, 0.1) is 0 Å². The number of rotatable bonds is 6. The molecule has 2 rings (SSSR count). The lowest BCUT2D eigenvalue weighted by Crippen LogP contribution is -2.58. The number of carbonyl (C=O) groups is 1. The Balaban J connectivity index is 2.47. The van der Waals surface area contributed by atoms with Gasteiger partial charge in [-0.3, -0.25) is 0 Å². The maximum absolute atomic E-state index is 12.7. The molecule has 0 aromatic rings. The molecule has 2 fully saturated rings. The summed E-state index contributed by atoms with van der Waals surface area (Å²) >= 11 is 0. The fraction of sp³-hybridized carbons (Fsp3) is 0.857. The Kier molecular flexibility index (Phi) is 6.75. The van der Waals surface area contributed by atoms with Gasteiger partial charge >= 0.3 is 5.97 Å². The predicted molar refractivity (Wildman–Crippen MR) is 105 cm³/mol. The van der Waals surface area contributed by atoms with Crippen LogP contribution in [0.5, 0.6) is 0 Å². The molecule has 0 atom stereocenters. The van der Waals surface area contributed by atoms with Gasteiger partial charge in [0.25, 0.3) is 8.32 Å². The van der Waals surface area contributed by atoms with Crippen molar-refractivity contribution < 1.29 is 9.22 Å². The van der Waals surface area contributed by atoms with E-state index in [4.69, 9.17) is 4.43 Å². The topological polar surface area (TPSA) is 26.3 Å². The van der Waals surface area contributed by atoms with Gasteiger partial charge in [-0.2, -0.15) is 0 Å². The van der Waals surface area contributed by atoms with Crippen molar-refractivity contribution in [3.8, 4) is 0 Å². The molecular weight excluding hydrogens is 312 g/mol. The molecule has 0 aromatic carbocycles. The van der Waals surface area contributed by atoms with E-state index in [1.54, 1.807) is 0 Å². The van der Waals surface area contributed by atoms with Gasteiger partial charge < -0.3 is 4.43 Å². The molecule has 0 N–H and O–H groups in total. The summed E-state index contributed by atoms with van der Waals surface area (Å²) in [5.41, 5.74) is 1.87. The summed E-state index contributed by atoms with van der Waals surface area (Å²) in [4.78, 5) is 12.7. The highest BCUT2D eigenvalue weighted by molar-refractivity contribution is 6.81. The number of hydrogen-bond donors (Lipinski definition) is 0. The average Bonchev–Trinajstić information content (AvgIpc) is 2.60. The maximum atomic E-state index is 12.7. The standard InChI is InChI=1S/C21H38O2Si/c1-6-21(4,5)24(23-20(22)17(2)3,18-13-9-7-10-14-18)19-15-11-8-12-16-19/h18-19H,2,6-16H2,1,3-5H3. The smallest absolute Gasteiger partial charge is 0.319 e. The van der Waals surface area contributed by atoms with Crippen molar-refractivity contribution >= 4 is 14.3 Å². The van der Waals surface area contributed by atoms with E-state index in [-0.39, 0.29) is 11.0 Å². The Labute approximate surface area is 150 Å². The third kappa shape index (κ3) is 3.81. The minimum absolute atomic E-state index is 0.112. The van der Waals surface area contributed by atoms with Crippen LogP contribution in [0.1, 0.15) is 98.3 Å². The van der Waals surface area contributed by atoms with Crippen LogP contribution in [0.3, 0.4) is 0 Å². The molecule has 2 saturated carbocycles. The molecule has 0 heterocycles. The first-order chi connectivity index (χ1) is 11.3. The average molecular weight is 351 g/mol. The molecule has 0 spiro atoms. The number of carbonyl (C=O) groups excluding carboxylic acids is 1. The molecule has 0 unspecified atom stereocenters. The molecule has 138 valence electrons. The van der Waals surface area contributed by atoms with Crippen LogP contribution < -0.4 is 0 Å². The monoisotopic (exact) mass is 350 g/mol. The van der Waals surface area contributed by atoms with E-state index in [0.717, 1.165) is 6.42 Å². The Bertz CT molecular complexity index is 425. The summed E-state index contributed by atoms with van der Waals surface area (Å²) in [6.07, 6.45) is 14.2. The van der Waals surface area contributed by atoms with E-state index in [2.05, 4.69) is 27.4 Å². The lowest BCUT2D eigenvalue weighted by molar-refractivity contribution is -0.131. The molecule has 3 heteroatoms. The Hall–Kier alpha value is -0.573. The Morgan fingerprint density at radius 1 is 1.00 bits per heavy atom. The molecule has 0 aliphatic heterocycles. The van der Waals surface area contributed by atoms with E-state index in [0.29, 0.717) is 16.7 Å². The third-order valence-corrected chi connectivity index (χ3v) is 13.5. The second kappa shape index (κ2) is 8.20. The van der Waals surface area contributed by atoms with Crippen molar-refractivity contribution in [2.75, 3.05) is 0 Å². The highest BCUT2D eigenvalue weighted by atomic mass is 28.4. The third-order valence-electron chi connectivity index (χ3n) is 6.98. The lowest BCUT2D eigenvalue weighted by atomic mass is 9.99. The van der Waals surface area contributed by atoms with E-state index < -0.39 is 8.32 Å². The van der Waals surface area contributed by atoms with E-state index in [1.807, 2.05) is 6.92 Å². The largest absolute Gasteiger partial charge is 0.515 e. The molecule has 2 nitrogen and oxygen atoms in total. The zero-order chi connectivity index (χ0) is 17.8. The highest BCUT2D eigenvalue weighted by Crippen LogP contribution is 2.60. The van der Waals surface area contributed by atoms with Gasteiger partial charge in [0.15, 0.2) is 0 Å². The summed E-state index contributed by atoms with van der Waals surface area (Å²) in [6.45, 7) is 12.8. The lowest BCUT2D eigenvalue weighted by Gasteiger charge is -2.54. The van der Waals surface area contributed by atoms with Gasteiger partial charge in [-0.1, -0.05) is 72.3 Å². The molecule has 2 aliphatic carbocycles. The van der Waals surface area contributed by atoms with Crippen LogP contribution in [-0.2, 0) is 9.22 Å². The van der Waals surface area contributed by atoms with Crippen LogP contribution in [0.4, 0.5) is 0 Å². The summed E-state index contributed by atoms with van der Waals surface area (Å²) in [7, 11) is -2.26. The first-order valence-corrected chi connectivity index (χ1v) is 12.3. The summed E-state index contributed by atoms with van der Waals surface area (Å²) in [5.74, 6) is -0.112. The molecule has 0 saturated heterocycles. The summed E-state index contributed by atoms with van der Waals surface area (Å²) in [6, 6.07) is 0. The van der Waals surface area contributed by atoms with Crippen LogP contribution in [0.2, 0.25) is 16.1 Å². The second-order valence-electron chi connectivity index (χ2n) is 8.87. The minimum atomic E-state index is -2.26. The zero-order valence-corrected chi connectivity index (χ0v) is 17.5. The molecule has 0 radical (unpaired) electrons. The van der Waals surface area contributed by atoms with E-state index >= 15 is 0 Å². The van der Waals surface area contributed by atoms with Crippen molar-refractivity contribution in [3.63, 3.8) is 0 Å². The second-order valence-corrected chi connectivity index (χ2v) is 13.6. The van der Waals surface area contributed by atoms with Crippen molar-refractivity contribution in [3.05, 3.63) is 12.2 Å². The van der Waals surface area contributed by atoms with Crippen molar-refractivity contribution in [2.45, 2.75) is 114 Å². The number of hydrogen-bond acceptors (Lipinski definition) is 2. The quantitative estimate of drug-likeness (QED) is 0.384. The molecule has 2 aliphatic rings. The van der Waals surface area contributed by atoms with Crippen molar-refractivity contribution in [1.29, 1.82) is 0 Å². The summed E-state index contributed by atoms with van der Waals surface area (Å²) in [5, 5.41) is 0.141. The Morgan fingerprint density at radius 2 is 1.42 bits per heavy atom. The molecular formula is C21H38O2Si. The van der Waals surface area contributed by atoms with Gasteiger partial charge in [0.1, 0.15) is 0 Å². The van der Waals surface area contributed by atoms with Gasteiger partial charge in [-0.25, -0.2) is 4.79 Å². The first kappa shape index (κ1) is 19.7. The zero-order valence-electron chi connectivity index (χ0n) is 16.5. The van der Waals surface area contributed by atoms with Crippen LogP contribution in [0.15, 0.2) is 12.2 Å². The van der Waals surface area contributed by atoms with Crippen LogP contribution in [0.25, 0.3) is 0 Å². The van der Waals surface area contributed by atoms with Crippen molar-refractivity contribution in [2.24, 2.45) is 0 Å². The van der Waals surface area contributed by atoms with Gasteiger partial charge in [-0.05, 0) is 48.7 Å². The van der Waals surface area contributed by atoms with Gasteiger partial charge in [0.05, 0.1) is 0 Å². The first-order valence-electron chi connectivity index (χ1n) is 10.2. The van der Waals surface area contributed by atoms with Crippen LogP contribution in [-0.4, -0.2) is 14.3 Å². The fourth-order valence-corrected chi connectivity index (χ4v) is 12.4. The SMILES string of the molecule is C=C(C)C(=O)O[Si](C1CCCCC1)(C1CCCCC1)C(C)(C)CC. The van der Waals surface area contributed by atoms with E-state index in [1.165, 1.54) is 64.2 Å². The van der Waals surface area contributed by atoms with E-state index in [9.17, 15) is 4.79 Å².